The van der Waals surface area contributed by atoms with Crippen molar-refractivity contribution in [2.75, 3.05) is 32.5 Å². The van der Waals surface area contributed by atoms with Gasteiger partial charge in [0, 0.05) is 20.2 Å². The molecule has 0 spiro atoms. The highest BCUT2D eigenvalue weighted by Gasteiger charge is 2.26. The number of nitro groups is 1. The second kappa shape index (κ2) is 6.80. The number of anilines is 1. The van der Waals surface area contributed by atoms with Crippen LogP contribution in [0.25, 0.3) is 0 Å². The zero-order valence-electron chi connectivity index (χ0n) is 11.3. The van der Waals surface area contributed by atoms with Gasteiger partial charge < -0.3 is 15.4 Å². The van der Waals surface area contributed by atoms with Crippen LogP contribution in [0.15, 0.2) is 12.1 Å². The van der Waals surface area contributed by atoms with Crippen LogP contribution in [0.2, 0.25) is 0 Å². The lowest BCUT2D eigenvalue weighted by atomic mass is 10.1. The summed E-state index contributed by atoms with van der Waals surface area (Å²) in [7, 11) is 1.48. The van der Waals surface area contributed by atoms with Crippen molar-refractivity contribution in [1.82, 2.24) is 4.90 Å². The summed E-state index contributed by atoms with van der Waals surface area (Å²) in [6, 6.07) is 1.65. The number of nitrogens with zero attached hydrogens (tertiary/aromatic N) is 2. The largest absolute Gasteiger partial charge is 0.396 e. The smallest absolute Gasteiger partial charge is 0.285 e. The lowest BCUT2D eigenvalue weighted by molar-refractivity contribution is -0.385. The van der Waals surface area contributed by atoms with Crippen molar-refractivity contribution in [2.45, 2.75) is 6.92 Å². The normalized spacial score (nSPS) is 10.3. The predicted octanol–water partition coefficient (Wildman–Crippen LogP) is 1.42. The molecular formula is C12H16FN3O4. The van der Waals surface area contributed by atoms with Crippen LogP contribution >= 0.6 is 0 Å². The molecule has 110 valence electrons. The van der Waals surface area contributed by atoms with Crippen molar-refractivity contribution in [3.63, 3.8) is 0 Å². The van der Waals surface area contributed by atoms with Gasteiger partial charge in [0.15, 0.2) is 5.82 Å². The number of hydrogen-bond donors (Lipinski definition) is 1. The van der Waals surface area contributed by atoms with E-state index >= 15 is 0 Å². The van der Waals surface area contributed by atoms with Gasteiger partial charge in [-0.3, -0.25) is 14.9 Å². The molecule has 0 aliphatic heterocycles. The highest BCUT2D eigenvalue weighted by atomic mass is 19.1. The Kier molecular flexibility index (Phi) is 5.39. The van der Waals surface area contributed by atoms with Gasteiger partial charge in [-0.25, -0.2) is 4.39 Å². The van der Waals surface area contributed by atoms with Gasteiger partial charge in [0.05, 0.1) is 23.3 Å². The number of nitrogen functional groups attached to an aromatic ring is 1. The maximum Gasteiger partial charge on any atom is 0.285 e. The molecule has 1 rings (SSSR count). The fourth-order valence-electron chi connectivity index (χ4n) is 1.68. The van der Waals surface area contributed by atoms with Gasteiger partial charge in [0.2, 0.25) is 0 Å². The number of nitrogens with two attached hydrogens (primary N) is 1. The Hall–Kier alpha value is -2.22. The summed E-state index contributed by atoms with van der Waals surface area (Å²) < 4.78 is 18.2. The minimum atomic E-state index is -0.923. The van der Waals surface area contributed by atoms with Crippen molar-refractivity contribution >= 4 is 17.3 Å². The topological polar surface area (TPSA) is 98.7 Å². The summed E-state index contributed by atoms with van der Waals surface area (Å²) in [5.74, 6) is -1.50. The molecular weight excluding hydrogens is 269 g/mol. The zero-order chi connectivity index (χ0) is 15.3. The first-order chi connectivity index (χ1) is 9.42. The molecule has 0 atom stereocenters. The third kappa shape index (κ3) is 3.41. The summed E-state index contributed by atoms with van der Waals surface area (Å²) in [6.07, 6.45) is 0. The average molecular weight is 285 g/mol. The molecule has 20 heavy (non-hydrogen) atoms. The van der Waals surface area contributed by atoms with Crippen LogP contribution in [0.3, 0.4) is 0 Å². The molecule has 0 unspecified atom stereocenters. The van der Waals surface area contributed by atoms with E-state index < -0.39 is 22.3 Å². The molecule has 0 fully saturated rings. The number of nitro benzene ring substituents is 1. The Morgan fingerprint density at radius 2 is 2.20 bits per heavy atom. The monoisotopic (exact) mass is 285 g/mol. The first kappa shape index (κ1) is 15.8. The Morgan fingerprint density at radius 3 is 2.70 bits per heavy atom. The van der Waals surface area contributed by atoms with Gasteiger partial charge in [-0.1, -0.05) is 0 Å². The minimum Gasteiger partial charge on any atom is -0.396 e. The number of likely N-dealkylation sites (N-methyl/N-ethyl adjacent to an activating group) is 1. The number of benzene rings is 1. The van der Waals surface area contributed by atoms with E-state index in [0.717, 1.165) is 6.07 Å². The number of ether oxygens (including phenoxy) is 1. The summed E-state index contributed by atoms with van der Waals surface area (Å²) in [5.41, 5.74) is 4.24. The molecule has 0 heterocycles. The van der Waals surface area contributed by atoms with E-state index in [4.69, 9.17) is 10.5 Å². The molecule has 1 amide bonds. The van der Waals surface area contributed by atoms with Gasteiger partial charge in [0.1, 0.15) is 5.56 Å². The van der Waals surface area contributed by atoms with Crippen molar-refractivity contribution in [1.29, 1.82) is 0 Å². The number of methoxy groups -OCH3 is 1. The SMILES string of the molecule is CCN(CCOC)C(=O)c1cc(N)c(F)cc1[N+](=O)[O-]. The highest BCUT2D eigenvalue weighted by molar-refractivity contribution is 5.99. The van der Waals surface area contributed by atoms with Gasteiger partial charge in [-0.05, 0) is 13.0 Å². The quantitative estimate of drug-likeness (QED) is 0.484. The Bertz CT molecular complexity index is 522. The number of carbonyl (C=O) groups excluding carboxylic acids is 1. The minimum absolute atomic E-state index is 0.230. The fourth-order valence-corrected chi connectivity index (χ4v) is 1.68. The van der Waals surface area contributed by atoms with Crippen molar-refractivity contribution < 1.29 is 18.8 Å². The number of amides is 1. The second-order valence-electron chi connectivity index (χ2n) is 4.03. The van der Waals surface area contributed by atoms with Gasteiger partial charge in [-0.15, -0.1) is 0 Å². The summed E-state index contributed by atoms with van der Waals surface area (Å²) in [6.45, 7) is 2.65. The molecule has 1 aromatic rings. The fraction of sp³-hybridized carbons (Fsp3) is 0.417. The van der Waals surface area contributed by atoms with Gasteiger partial charge in [-0.2, -0.15) is 0 Å². The zero-order valence-corrected chi connectivity index (χ0v) is 11.3. The van der Waals surface area contributed by atoms with E-state index in [2.05, 4.69) is 0 Å². The number of rotatable bonds is 6. The van der Waals surface area contributed by atoms with E-state index in [1.807, 2.05) is 0 Å². The first-order valence-corrected chi connectivity index (χ1v) is 5.94. The van der Waals surface area contributed by atoms with Gasteiger partial charge >= 0.3 is 0 Å². The maximum atomic E-state index is 13.3. The maximum absolute atomic E-state index is 13.3. The van der Waals surface area contributed by atoms with Crippen LogP contribution in [0.4, 0.5) is 15.8 Å². The molecule has 0 radical (unpaired) electrons. The lowest BCUT2D eigenvalue weighted by Gasteiger charge is -2.20. The standard InChI is InChI=1S/C12H16FN3O4/c1-3-15(4-5-20-2)12(17)8-6-10(14)9(13)7-11(8)16(18)19/h6-7H,3-5,14H2,1-2H3. The van der Waals surface area contributed by atoms with Crippen LogP contribution < -0.4 is 5.73 Å². The lowest BCUT2D eigenvalue weighted by Crippen LogP contribution is -2.34. The van der Waals surface area contributed by atoms with Crippen LogP contribution in [0, 0.1) is 15.9 Å². The molecule has 0 bridgehead atoms. The third-order valence-corrected chi connectivity index (χ3v) is 2.78. The number of halogens is 1. The Balaban J connectivity index is 3.19. The average Bonchev–Trinajstić information content (AvgIpc) is 2.41. The van der Waals surface area contributed by atoms with E-state index in [0.29, 0.717) is 19.2 Å². The van der Waals surface area contributed by atoms with E-state index in [1.165, 1.54) is 12.0 Å². The van der Waals surface area contributed by atoms with Gasteiger partial charge in [0.25, 0.3) is 11.6 Å². The van der Waals surface area contributed by atoms with E-state index in [1.54, 1.807) is 6.92 Å². The van der Waals surface area contributed by atoms with Crippen LogP contribution in [-0.2, 0) is 4.74 Å². The van der Waals surface area contributed by atoms with E-state index in [9.17, 15) is 19.3 Å². The summed E-state index contributed by atoms with van der Waals surface area (Å²) in [4.78, 5) is 23.7. The van der Waals surface area contributed by atoms with Crippen molar-refractivity contribution in [3.05, 3.63) is 33.6 Å². The molecule has 0 aliphatic rings. The number of carbonyl (C=O) groups is 1. The molecule has 0 saturated carbocycles. The third-order valence-electron chi connectivity index (χ3n) is 2.78. The molecule has 0 saturated heterocycles. The summed E-state index contributed by atoms with van der Waals surface area (Å²) in [5, 5.41) is 10.9. The van der Waals surface area contributed by atoms with Crippen LogP contribution in [-0.4, -0.2) is 42.5 Å². The Morgan fingerprint density at radius 1 is 1.55 bits per heavy atom. The van der Waals surface area contributed by atoms with Crippen LogP contribution in [0.1, 0.15) is 17.3 Å². The van der Waals surface area contributed by atoms with Crippen molar-refractivity contribution in [3.8, 4) is 0 Å². The van der Waals surface area contributed by atoms with E-state index in [-0.39, 0.29) is 17.8 Å². The molecule has 8 heteroatoms. The number of hydrogen-bond acceptors (Lipinski definition) is 5. The Labute approximate surface area is 115 Å². The van der Waals surface area contributed by atoms with Crippen molar-refractivity contribution in [2.24, 2.45) is 0 Å². The molecule has 0 aliphatic carbocycles. The molecule has 0 aromatic heterocycles. The predicted molar refractivity (Wildman–Crippen MR) is 70.9 cm³/mol. The summed E-state index contributed by atoms with van der Waals surface area (Å²) >= 11 is 0. The highest BCUT2D eigenvalue weighted by Crippen LogP contribution is 2.25. The first-order valence-electron chi connectivity index (χ1n) is 5.94. The van der Waals surface area contributed by atoms with Crippen LogP contribution in [0.5, 0.6) is 0 Å². The molecule has 1 aromatic carbocycles. The second-order valence-corrected chi connectivity index (χ2v) is 4.03. The molecule has 2 N–H and O–H groups in total. The molecule has 7 nitrogen and oxygen atoms in total.